The van der Waals surface area contributed by atoms with Gasteiger partial charge in [0.05, 0.1) is 19.4 Å². The van der Waals surface area contributed by atoms with E-state index in [1.54, 1.807) is 24.5 Å². The number of hydrogen-bond acceptors (Lipinski definition) is 5. The number of ether oxygens (including phenoxy) is 1. The Morgan fingerprint density at radius 1 is 1.38 bits per heavy atom. The molecule has 0 saturated heterocycles. The zero-order chi connectivity index (χ0) is 17.4. The number of amides is 2. The molecular weight excluding hydrogens is 308 g/mol. The highest BCUT2D eigenvalue weighted by Crippen LogP contribution is 2.10. The molecule has 0 aromatic carbocycles. The normalized spacial score (nSPS) is 10.5. The minimum atomic E-state index is -0.160. The Morgan fingerprint density at radius 3 is 2.88 bits per heavy atom. The third-order valence-electron chi connectivity index (χ3n) is 3.49. The van der Waals surface area contributed by atoms with Crippen LogP contribution in [0.1, 0.15) is 11.3 Å². The monoisotopic (exact) mass is 332 g/mol. The first-order valence-electron chi connectivity index (χ1n) is 7.76. The fraction of sp³-hybridized carbons (Fsp3) is 0.412. The summed E-state index contributed by atoms with van der Waals surface area (Å²) in [6.45, 7) is 1.79. The number of urea groups is 1. The van der Waals surface area contributed by atoms with E-state index in [1.807, 2.05) is 43.3 Å². The van der Waals surface area contributed by atoms with Crippen molar-refractivity contribution >= 4 is 11.8 Å². The summed E-state index contributed by atoms with van der Waals surface area (Å²) in [5.41, 5.74) is 0.992. The van der Waals surface area contributed by atoms with E-state index in [1.165, 1.54) is 0 Å². The van der Waals surface area contributed by atoms with Gasteiger partial charge in [-0.25, -0.2) is 9.78 Å². The molecule has 0 saturated carbocycles. The summed E-state index contributed by atoms with van der Waals surface area (Å²) in [5, 5.41) is 2.93. The van der Waals surface area contributed by atoms with Gasteiger partial charge < -0.3 is 24.3 Å². The summed E-state index contributed by atoms with van der Waals surface area (Å²) in [4.78, 5) is 20.3. The second-order valence-electron chi connectivity index (χ2n) is 5.57. The first-order valence-corrected chi connectivity index (χ1v) is 7.76. The van der Waals surface area contributed by atoms with Crippen LogP contribution in [0.25, 0.3) is 0 Å². The molecule has 0 aliphatic rings. The molecular formula is C17H24N4O3. The van der Waals surface area contributed by atoms with Gasteiger partial charge in [-0.15, -0.1) is 0 Å². The van der Waals surface area contributed by atoms with Crippen LogP contribution < -0.4 is 10.2 Å². The van der Waals surface area contributed by atoms with Crippen LogP contribution >= 0.6 is 0 Å². The number of hydrogen-bond donors (Lipinski definition) is 1. The summed E-state index contributed by atoms with van der Waals surface area (Å²) in [6, 6.07) is 7.33. The van der Waals surface area contributed by atoms with E-state index in [-0.39, 0.29) is 6.03 Å². The number of anilines is 1. The zero-order valence-electron chi connectivity index (χ0n) is 14.4. The number of nitrogens with one attached hydrogen (secondary N) is 1. The van der Waals surface area contributed by atoms with Gasteiger partial charge in [-0.2, -0.15) is 0 Å². The van der Waals surface area contributed by atoms with Gasteiger partial charge in [0.1, 0.15) is 11.6 Å². The molecule has 7 nitrogen and oxygen atoms in total. The van der Waals surface area contributed by atoms with E-state index in [0.29, 0.717) is 26.2 Å². The lowest BCUT2D eigenvalue weighted by Gasteiger charge is -2.22. The molecule has 0 fully saturated rings. The number of carbonyl (C=O) groups excluding carboxylic acids is 1. The maximum atomic E-state index is 12.5. The molecule has 0 aliphatic carbocycles. The Hall–Kier alpha value is -2.54. The molecule has 130 valence electrons. The number of rotatable bonds is 8. The first kappa shape index (κ1) is 17.8. The van der Waals surface area contributed by atoms with Gasteiger partial charge in [-0.3, -0.25) is 0 Å². The van der Waals surface area contributed by atoms with Crippen molar-refractivity contribution in [2.45, 2.75) is 13.1 Å². The highest BCUT2D eigenvalue weighted by molar-refractivity contribution is 5.74. The molecule has 2 rings (SSSR count). The smallest absolute Gasteiger partial charge is 0.318 e. The molecule has 24 heavy (non-hydrogen) atoms. The Kier molecular flexibility index (Phi) is 6.62. The molecule has 2 aromatic heterocycles. The minimum absolute atomic E-state index is 0.160. The quantitative estimate of drug-likeness (QED) is 0.801. The van der Waals surface area contributed by atoms with Crippen LogP contribution in [0.5, 0.6) is 0 Å². The van der Waals surface area contributed by atoms with E-state index in [9.17, 15) is 4.79 Å². The number of nitrogens with zero attached hydrogens (tertiary/aromatic N) is 3. The van der Waals surface area contributed by atoms with Gasteiger partial charge >= 0.3 is 6.03 Å². The lowest BCUT2D eigenvalue weighted by molar-refractivity contribution is 0.142. The number of carbonyl (C=O) groups is 1. The second-order valence-corrected chi connectivity index (χ2v) is 5.57. The van der Waals surface area contributed by atoms with Crippen molar-refractivity contribution in [2.24, 2.45) is 0 Å². The number of aromatic nitrogens is 1. The van der Waals surface area contributed by atoms with Crippen LogP contribution in [-0.2, 0) is 17.8 Å². The molecule has 0 aliphatic heterocycles. The highest BCUT2D eigenvalue weighted by Gasteiger charge is 2.15. The van der Waals surface area contributed by atoms with Gasteiger partial charge in [-0.05, 0) is 29.8 Å². The van der Waals surface area contributed by atoms with Crippen molar-refractivity contribution in [1.29, 1.82) is 0 Å². The lowest BCUT2D eigenvalue weighted by atomic mass is 10.2. The van der Waals surface area contributed by atoms with E-state index in [0.717, 1.165) is 17.1 Å². The standard InChI is InChI=1S/C17H24N4O3/c1-20(2)16-11-14(6-7-18-16)12-19-17(22)21(8-10-23-3)13-15-5-4-9-24-15/h4-7,9,11H,8,10,12-13H2,1-3H3,(H,19,22). The minimum Gasteiger partial charge on any atom is -0.467 e. The number of pyridine rings is 1. The van der Waals surface area contributed by atoms with E-state index >= 15 is 0 Å². The van der Waals surface area contributed by atoms with Crippen molar-refractivity contribution in [3.8, 4) is 0 Å². The van der Waals surface area contributed by atoms with Crippen molar-refractivity contribution in [3.05, 3.63) is 48.0 Å². The third kappa shape index (κ3) is 5.27. The molecule has 0 unspecified atom stereocenters. The zero-order valence-corrected chi connectivity index (χ0v) is 14.4. The predicted octanol–water partition coefficient (Wildman–Crippen LogP) is 2.10. The van der Waals surface area contributed by atoms with Crippen molar-refractivity contribution in [3.63, 3.8) is 0 Å². The fourth-order valence-electron chi connectivity index (χ4n) is 2.15. The Morgan fingerprint density at radius 2 is 2.21 bits per heavy atom. The highest BCUT2D eigenvalue weighted by atomic mass is 16.5. The van der Waals surface area contributed by atoms with Crippen LogP contribution in [0.15, 0.2) is 41.1 Å². The van der Waals surface area contributed by atoms with Crippen molar-refractivity contribution < 1.29 is 13.9 Å². The van der Waals surface area contributed by atoms with Crippen LogP contribution in [0, 0.1) is 0 Å². The molecule has 0 radical (unpaired) electrons. The van der Waals surface area contributed by atoms with Gasteiger partial charge in [-0.1, -0.05) is 0 Å². The molecule has 2 aromatic rings. The Bertz CT molecular complexity index is 629. The summed E-state index contributed by atoms with van der Waals surface area (Å²) >= 11 is 0. The molecule has 7 heteroatoms. The van der Waals surface area contributed by atoms with E-state index in [4.69, 9.17) is 9.15 Å². The summed E-state index contributed by atoms with van der Waals surface area (Å²) in [5.74, 6) is 1.59. The maximum absolute atomic E-state index is 12.5. The lowest BCUT2D eigenvalue weighted by Crippen LogP contribution is -2.40. The third-order valence-corrected chi connectivity index (χ3v) is 3.49. The number of methoxy groups -OCH3 is 1. The van der Waals surface area contributed by atoms with Crippen LogP contribution in [0.3, 0.4) is 0 Å². The topological polar surface area (TPSA) is 70.8 Å². The predicted molar refractivity (Wildman–Crippen MR) is 91.8 cm³/mol. The van der Waals surface area contributed by atoms with Crippen molar-refractivity contribution in [1.82, 2.24) is 15.2 Å². The summed E-state index contributed by atoms with van der Waals surface area (Å²) in [7, 11) is 5.48. The van der Waals surface area contributed by atoms with Crippen LogP contribution in [0.4, 0.5) is 10.6 Å². The van der Waals surface area contributed by atoms with E-state index < -0.39 is 0 Å². The van der Waals surface area contributed by atoms with Gasteiger partial charge in [0.2, 0.25) is 0 Å². The fourth-order valence-corrected chi connectivity index (χ4v) is 2.15. The molecule has 0 bridgehead atoms. The molecule has 0 atom stereocenters. The SMILES string of the molecule is COCCN(Cc1ccco1)C(=O)NCc1ccnc(N(C)C)c1. The molecule has 2 heterocycles. The molecule has 1 N–H and O–H groups in total. The molecule has 2 amide bonds. The van der Waals surface area contributed by atoms with Crippen LogP contribution in [-0.4, -0.2) is 50.3 Å². The van der Waals surface area contributed by atoms with Crippen LogP contribution in [0.2, 0.25) is 0 Å². The first-order chi connectivity index (χ1) is 11.6. The summed E-state index contributed by atoms with van der Waals surface area (Å²) < 4.78 is 10.4. The molecule has 0 spiro atoms. The van der Waals surface area contributed by atoms with Crippen molar-refractivity contribution in [2.75, 3.05) is 39.3 Å². The average Bonchev–Trinajstić information content (AvgIpc) is 3.09. The Labute approximate surface area is 142 Å². The summed E-state index contributed by atoms with van der Waals surface area (Å²) in [6.07, 6.45) is 3.34. The number of furan rings is 1. The Balaban J connectivity index is 1.95. The van der Waals surface area contributed by atoms with Gasteiger partial charge in [0.15, 0.2) is 0 Å². The average molecular weight is 332 g/mol. The van der Waals surface area contributed by atoms with E-state index in [2.05, 4.69) is 10.3 Å². The largest absolute Gasteiger partial charge is 0.467 e. The van der Waals surface area contributed by atoms with Gasteiger partial charge in [0.25, 0.3) is 0 Å². The maximum Gasteiger partial charge on any atom is 0.318 e. The van der Waals surface area contributed by atoms with Gasteiger partial charge in [0, 0.05) is 40.5 Å². The second kappa shape index (κ2) is 8.93.